The highest BCUT2D eigenvalue weighted by Crippen LogP contribution is 2.41. The van der Waals surface area contributed by atoms with E-state index in [9.17, 15) is 0 Å². The zero-order valence-corrected chi connectivity index (χ0v) is 31.4. The van der Waals surface area contributed by atoms with Crippen LogP contribution in [-0.2, 0) is 0 Å². The van der Waals surface area contributed by atoms with Crippen LogP contribution in [0.1, 0.15) is 59.7 Å². The van der Waals surface area contributed by atoms with E-state index in [1.165, 1.54) is 28.0 Å². The molecular weight excluding hydrogens is 611 g/mol. The first-order valence-corrected chi connectivity index (χ1v) is 17.5. The molecule has 1 aromatic heterocycles. The smallest absolute Gasteiger partial charge is 0.110 e. The summed E-state index contributed by atoms with van der Waals surface area (Å²) in [7, 11) is 0. The summed E-state index contributed by atoms with van der Waals surface area (Å²) in [5.41, 5.74) is 13.7. The molecule has 0 radical (unpaired) electrons. The molecular formula is C45H57N5. The second-order valence-electron chi connectivity index (χ2n) is 13.0. The van der Waals surface area contributed by atoms with Crippen molar-refractivity contribution >= 4 is 5.70 Å². The second-order valence-corrected chi connectivity index (χ2v) is 13.0. The minimum absolute atomic E-state index is 0.0750. The van der Waals surface area contributed by atoms with E-state index < -0.39 is 0 Å². The van der Waals surface area contributed by atoms with Crippen molar-refractivity contribution in [2.75, 3.05) is 19.6 Å². The molecule has 1 aliphatic heterocycles. The van der Waals surface area contributed by atoms with E-state index in [4.69, 9.17) is 6.42 Å². The fraction of sp³-hybridized carbons (Fsp3) is 0.311. The Morgan fingerprint density at radius 1 is 1.06 bits per heavy atom. The monoisotopic (exact) mass is 667 g/mol. The molecule has 1 unspecified atom stereocenters. The lowest BCUT2D eigenvalue weighted by molar-refractivity contribution is 0.361. The van der Waals surface area contributed by atoms with E-state index in [1.807, 2.05) is 42.8 Å². The first-order valence-electron chi connectivity index (χ1n) is 17.5. The molecule has 1 aliphatic carbocycles. The number of hydrogen-bond acceptors (Lipinski definition) is 4. The van der Waals surface area contributed by atoms with E-state index in [0.717, 1.165) is 71.9 Å². The van der Waals surface area contributed by atoms with Gasteiger partial charge in [-0.25, -0.2) is 4.98 Å². The predicted octanol–water partition coefficient (Wildman–Crippen LogP) is 9.83. The molecule has 2 N–H and O–H groups in total. The van der Waals surface area contributed by atoms with E-state index >= 15 is 0 Å². The predicted molar refractivity (Wildman–Crippen MR) is 217 cm³/mol. The first kappa shape index (κ1) is 39.2. The SMILES string of the molecule is C#CC(C)[C@H](NC(=C)C(=C)/C=C(/C(=C)NC/C(=C/C1=C(C=C)CCN(C2=C(C)C(=C)C2=C)C1)CC)n1ccnc1C)/C(C)=C/C=C(/C=C)CC. The maximum Gasteiger partial charge on any atom is 0.110 e. The minimum atomic E-state index is -0.124. The molecule has 3 rings (SSSR count). The molecule has 2 aliphatic rings. The van der Waals surface area contributed by atoms with Gasteiger partial charge in [-0.05, 0) is 97.6 Å². The Labute approximate surface area is 302 Å². The fourth-order valence-corrected chi connectivity index (χ4v) is 6.17. The Balaban J connectivity index is 1.85. The van der Waals surface area contributed by atoms with Crippen molar-refractivity contribution in [3.63, 3.8) is 0 Å². The van der Waals surface area contributed by atoms with Crippen LogP contribution in [0, 0.1) is 25.2 Å². The van der Waals surface area contributed by atoms with Gasteiger partial charge in [-0.2, -0.15) is 0 Å². The number of hydrogen-bond donors (Lipinski definition) is 2. The zero-order valence-electron chi connectivity index (χ0n) is 31.4. The lowest BCUT2D eigenvalue weighted by Gasteiger charge is -2.40. The third-order valence-corrected chi connectivity index (χ3v) is 9.71. The Morgan fingerprint density at radius 3 is 2.34 bits per heavy atom. The standard InChI is InChI=1S/C45H57N5/c1-15-30(6)44(31(7)20-21-39(16-2)17-3)48-36(12)32(8)26-43(50-25-23-46-38(50)14)37(13)47-28-40(18-4)27-42-29-49(24-22-41(42)19-5)45-34(10)33(9)35(45)11/h1,16,19-21,23,25-27,30,44,47-48H,2,5,8-10,12-13,17-18,22,24,28-29H2,3-4,6-7,11,14H3/b31-20+,39-21-,40-27+,43-26-/t30?,44-/m0/s1. The lowest BCUT2D eigenvalue weighted by atomic mass is 9.83. The van der Waals surface area contributed by atoms with Crippen LogP contribution in [0.15, 0.2) is 162 Å². The van der Waals surface area contributed by atoms with Gasteiger partial charge in [0.15, 0.2) is 0 Å². The van der Waals surface area contributed by atoms with Gasteiger partial charge >= 0.3 is 0 Å². The maximum atomic E-state index is 5.89. The van der Waals surface area contributed by atoms with Crippen molar-refractivity contribution in [2.45, 2.75) is 66.8 Å². The van der Waals surface area contributed by atoms with Gasteiger partial charge < -0.3 is 20.1 Å². The van der Waals surface area contributed by atoms with Gasteiger partial charge in [0.25, 0.3) is 0 Å². The zero-order chi connectivity index (χ0) is 37.1. The summed E-state index contributed by atoms with van der Waals surface area (Å²) in [6.45, 7) is 44.5. The molecule has 2 atom stereocenters. The second kappa shape index (κ2) is 18.0. The molecule has 5 nitrogen and oxygen atoms in total. The number of nitrogens with one attached hydrogen (secondary N) is 2. The van der Waals surface area contributed by atoms with Crippen LogP contribution in [0.5, 0.6) is 0 Å². The van der Waals surface area contributed by atoms with Crippen LogP contribution >= 0.6 is 0 Å². The van der Waals surface area contributed by atoms with Gasteiger partial charge in [0.1, 0.15) is 5.82 Å². The largest absolute Gasteiger partial charge is 0.380 e. The van der Waals surface area contributed by atoms with Crippen molar-refractivity contribution in [3.05, 3.63) is 168 Å². The molecule has 1 aromatic rings. The number of rotatable bonds is 18. The first-order chi connectivity index (χ1) is 23.8. The molecule has 0 bridgehead atoms. The summed E-state index contributed by atoms with van der Waals surface area (Å²) in [5.74, 6) is 3.65. The van der Waals surface area contributed by atoms with Crippen molar-refractivity contribution < 1.29 is 0 Å². The summed E-state index contributed by atoms with van der Waals surface area (Å²) in [6.07, 6.45) is 24.7. The quantitative estimate of drug-likeness (QED) is 0.121. The summed E-state index contributed by atoms with van der Waals surface area (Å²) in [5, 5.41) is 7.15. The fourth-order valence-electron chi connectivity index (χ4n) is 6.17. The minimum Gasteiger partial charge on any atom is -0.380 e. The van der Waals surface area contributed by atoms with Gasteiger partial charge in [0.05, 0.1) is 17.4 Å². The van der Waals surface area contributed by atoms with Gasteiger partial charge in [-0.1, -0.05) is 95.9 Å². The maximum absolute atomic E-state index is 5.89. The summed E-state index contributed by atoms with van der Waals surface area (Å²) in [4.78, 5) is 6.90. The molecule has 0 saturated carbocycles. The van der Waals surface area contributed by atoms with Crippen LogP contribution in [-0.4, -0.2) is 40.1 Å². The van der Waals surface area contributed by atoms with E-state index in [1.54, 1.807) is 6.20 Å². The molecule has 0 amide bonds. The number of allylic oxidation sites excluding steroid dienone is 9. The van der Waals surface area contributed by atoms with Crippen molar-refractivity contribution in [3.8, 4) is 12.3 Å². The Morgan fingerprint density at radius 2 is 1.78 bits per heavy atom. The highest BCUT2D eigenvalue weighted by Gasteiger charge is 2.29. The van der Waals surface area contributed by atoms with E-state index in [-0.39, 0.29) is 12.0 Å². The average Bonchev–Trinajstić information content (AvgIpc) is 3.55. The molecule has 0 spiro atoms. The molecule has 2 heterocycles. The normalized spacial score (nSPS) is 17.2. The molecule has 0 fully saturated rings. The molecule has 5 heteroatoms. The number of terminal acetylenes is 1. The van der Waals surface area contributed by atoms with Crippen molar-refractivity contribution in [1.82, 2.24) is 25.1 Å². The number of nitrogens with zero attached hydrogens (tertiary/aromatic N) is 3. The average molecular weight is 668 g/mol. The van der Waals surface area contributed by atoms with Crippen LogP contribution in [0.2, 0.25) is 0 Å². The van der Waals surface area contributed by atoms with Crippen LogP contribution in [0.3, 0.4) is 0 Å². The summed E-state index contributed by atoms with van der Waals surface area (Å²) in [6, 6.07) is -0.124. The molecule has 50 heavy (non-hydrogen) atoms. The summed E-state index contributed by atoms with van der Waals surface area (Å²) < 4.78 is 2.01. The molecule has 0 saturated heterocycles. The Bertz CT molecular complexity index is 1800. The van der Waals surface area contributed by atoms with Crippen LogP contribution in [0.25, 0.3) is 5.70 Å². The highest BCUT2D eigenvalue weighted by molar-refractivity contribution is 5.68. The third kappa shape index (κ3) is 9.27. The Kier molecular flexibility index (Phi) is 14.1. The third-order valence-electron chi connectivity index (χ3n) is 9.71. The number of aromatic nitrogens is 2. The van der Waals surface area contributed by atoms with Gasteiger partial charge in [-0.3, -0.25) is 0 Å². The van der Waals surface area contributed by atoms with E-state index in [0.29, 0.717) is 17.8 Å². The Hall–Kier alpha value is -5.21. The molecule has 262 valence electrons. The number of aryl methyl sites for hydroxylation is 1. The van der Waals surface area contributed by atoms with E-state index in [2.05, 4.69) is 118 Å². The van der Waals surface area contributed by atoms with Crippen LogP contribution < -0.4 is 10.6 Å². The van der Waals surface area contributed by atoms with Crippen molar-refractivity contribution in [2.24, 2.45) is 5.92 Å². The van der Waals surface area contributed by atoms with Crippen LogP contribution in [0.4, 0.5) is 0 Å². The summed E-state index contributed by atoms with van der Waals surface area (Å²) >= 11 is 0. The molecule has 0 aromatic carbocycles. The van der Waals surface area contributed by atoms with Gasteiger partial charge in [0, 0.05) is 49.3 Å². The van der Waals surface area contributed by atoms with Crippen molar-refractivity contribution in [1.29, 1.82) is 0 Å². The van der Waals surface area contributed by atoms with Gasteiger partial charge in [0.2, 0.25) is 0 Å². The lowest BCUT2D eigenvalue weighted by Crippen LogP contribution is -2.35. The number of imidazole rings is 1. The van der Waals surface area contributed by atoms with Gasteiger partial charge in [-0.15, -0.1) is 12.3 Å². The highest BCUT2D eigenvalue weighted by atomic mass is 15.2. The topological polar surface area (TPSA) is 45.1 Å².